The van der Waals surface area contributed by atoms with Gasteiger partial charge in [0.15, 0.2) is 0 Å². The molecule has 1 aromatic heterocycles. The summed E-state index contributed by atoms with van der Waals surface area (Å²) < 4.78 is 6.11. The Bertz CT molecular complexity index is 933. The molecule has 1 fully saturated rings. The van der Waals surface area contributed by atoms with Crippen LogP contribution in [0.2, 0.25) is 0 Å². The van der Waals surface area contributed by atoms with Gasteiger partial charge in [-0.25, -0.2) is 9.78 Å². The van der Waals surface area contributed by atoms with E-state index in [2.05, 4.69) is 15.5 Å². The van der Waals surface area contributed by atoms with Gasteiger partial charge in [0.05, 0.1) is 22.5 Å². The van der Waals surface area contributed by atoms with Crippen molar-refractivity contribution in [1.82, 2.24) is 4.98 Å². The third kappa shape index (κ3) is 3.18. The Balaban J connectivity index is 1.54. The Labute approximate surface area is 148 Å². The van der Waals surface area contributed by atoms with Gasteiger partial charge in [-0.15, -0.1) is 0 Å². The normalized spacial score (nSPS) is 14.8. The Morgan fingerprint density at radius 2 is 2.16 bits per heavy atom. The van der Waals surface area contributed by atoms with Crippen molar-refractivity contribution in [2.45, 2.75) is 6.92 Å². The number of aromatic nitrogens is 1. The largest absolute Gasteiger partial charge is 0.447 e. The first-order valence-electron chi connectivity index (χ1n) is 7.91. The SMILES string of the molecule is CC(=NNc1nc2ccccc2s1)c1cccc(N2CCOC2=O)c1. The van der Waals surface area contributed by atoms with Crippen molar-refractivity contribution in [2.24, 2.45) is 5.10 Å². The monoisotopic (exact) mass is 352 g/mol. The van der Waals surface area contributed by atoms with Crippen LogP contribution in [0.3, 0.4) is 0 Å². The predicted molar refractivity (Wildman–Crippen MR) is 101 cm³/mol. The van der Waals surface area contributed by atoms with Crippen molar-refractivity contribution < 1.29 is 9.53 Å². The lowest BCUT2D eigenvalue weighted by molar-refractivity contribution is 0.181. The number of hydrazone groups is 1. The highest BCUT2D eigenvalue weighted by Crippen LogP contribution is 2.25. The molecule has 3 aromatic rings. The number of hydrogen-bond donors (Lipinski definition) is 1. The first-order chi connectivity index (χ1) is 12.2. The van der Waals surface area contributed by atoms with Crippen molar-refractivity contribution in [3.05, 3.63) is 54.1 Å². The lowest BCUT2D eigenvalue weighted by Crippen LogP contribution is -2.23. The van der Waals surface area contributed by atoms with Gasteiger partial charge in [0.25, 0.3) is 0 Å². The third-order valence-corrected chi connectivity index (χ3v) is 4.89. The number of rotatable bonds is 4. The number of carbonyl (C=O) groups is 1. The van der Waals surface area contributed by atoms with E-state index < -0.39 is 0 Å². The standard InChI is InChI=1S/C18H16N4O2S/c1-12(20-21-17-19-15-7-2-3-8-16(15)25-17)13-5-4-6-14(11-13)22-9-10-24-18(22)23/h2-8,11H,9-10H2,1H3,(H,19,21). The highest BCUT2D eigenvalue weighted by atomic mass is 32.1. The topological polar surface area (TPSA) is 66.8 Å². The summed E-state index contributed by atoms with van der Waals surface area (Å²) in [5.41, 5.74) is 6.54. The van der Waals surface area contributed by atoms with Gasteiger partial charge >= 0.3 is 6.09 Å². The number of fused-ring (bicyclic) bond motifs is 1. The van der Waals surface area contributed by atoms with E-state index in [4.69, 9.17) is 4.74 Å². The van der Waals surface area contributed by atoms with Gasteiger partial charge in [0, 0.05) is 5.69 Å². The molecule has 25 heavy (non-hydrogen) atoms. The molecule has 6 nitrogen and oxygen atoms in total. The van der Waals surface area contributed by atoms with E-state index in [1.54, 1.807) is 16.2 Å². The van der Waals surface area contributed by atoms with Gasteiger partial charge in [-0.2, -0.15) is 5.10 Å². The van der Waals surface area contributed by atoms with Gasteiger partial charge in [-0.05, 0) is 36.8 Å². The lowest BCUT2D eigenvalue weighted by atomic mass is 10.1. The summed E-state index contributed by atoms with van der Waals surface area (Å²) in [4.78, 5) is 17.8. The van der Waals surface area contributed by atoms with Crippen LogP contribution in [0.4, 0.5) is 15.6 Å². The molecule has 1 saturated heterocycles. The van der Waals surface area contributed by atoms with E-state index in [-0.39, 0.29) is 6.09 Å². The van der Waals surface area contributed by atoms with Crippen LogP contribution in [-0.2, 0) is 4.74 Å². The zero-order chi connectivity index (χ0) is 17.2. The van der Waals surface area contributed by atoms with Crippen molar-refractivity contribution in [1.29, 1.82) is 0 Å². The highest BCUT2D eigenvalue weighted by Gasteiger charge is 2.23. The average molecular weight is 352 g/mol. The molecule has 126 valence electrons. The Morgan fingerprint density at radius 3 is 2.96 bits per heavy atom. The Kier molecular flexibility index (Phi) is 4.07. The van der Waals surface area contributed by atoms with Gasteiger partial charge in [0.2, 0.25) is 5.13 Å². The van der Waals surface area contributed by atoms with E-state index in [1.807, 2.05) is 55.5 Å². The number of nitrogens with one attached hydrogen (secondary N) is 1. The number of amides is 1. The van der Waals surface area contributed by atoms with Crippen LogP contribution in [-0.4, -0.2) is 29.9 Å². The average Bonchev–Trinajstić information content (AvgIpc) is 3.25. The second-order valence-corrected chi connectivity index (χ2v) is 6.64. The molecule has 0 unspecified atom stereocenters. The van der Waals surface area contributed by atoms with Crippen LogP contribution < -0.4 is 10.3 Å². The molecule has 0 saturated carbocycles. The maximum atomic E-state index is 11.7. The van der Waals surface area contributed by atoms with E-state index in [0.717, 1.165) is 32.3 Å². The van der Waals surface area contributed by atoms with E-state index in [0.29, 0.717) is 13.2 Å². The molecule has 0 spiro atoms. The second-order valence-electron chi connectivity index (χ2n) is 5.61. The number of carbonyl (C=O) groups excluding carboxylic acids is 1. The molecular weight excluding hydrogens is 336 g/mol. The fourth-order valence-electron chi connectivity index (χ4n) is 2.64. The Morgan fingerprint density at radius 1 is 1.28 bits per heavy atom. The summed E-state index contributed by atoms with van der Waals surface area (Å²) in [6.07, 6.45) is -0.306. The minimum absolute atomic E-state index is 0.306. The number of anilines is 2. The Hall–Kier alpha value is -2.93. The summed E-state index contributed by atoms with van der Waals surface area (Å²) in [5, 5.41) is 5.18. The molecule has 1 amide bonds. The van der Waals surface area contributed by atoms with Crippen LogP contribution in [0.5, 0.6) is 0 Å². The van der Waals surface area contributed by atoms with Crippen molar-refractivity contribution in [3.8, 4) is 0 Å². The van der Waals surface area contributed by atoms with Gasteiger partial charge < -0.3 is 4.74 Å². The maximum absolute atomic E-state index is 11.7. The minimum atomic E-state index is -0.306. The van der Waals surface area contributed by atoms with E-state index >= 15 is 0 Å². The number of ether oxygens (including phenoxy) is 1. The molecule has 2 heterocycles. The zero-order valence-electron chi connectivity index (χ0n) is 13.6. The van der Waals surface area contributed by atoms with Crippen molar-refractivity contribution in [3.63, 3.8) is 0 Å². The van der Waals surface area contributed by atoms with E-state index in [1.165, 1.54) is 0 Å². The molecule has 4 rings (SSSR count). The van der Waals surface area contributed by atoms with Crippen LogP contribution >= 0.6 is 11.3 Å². The predicted octanol–water partition coefficient (Wildman–Crippen LogP) is 4.09. The summed E-state index contributed by atoms with van der Waals surface area (Å²) in [5.74, 6) is 0. The van der Waals surface area contributed by atoms with Gasteiger partial charge in [-0.3, -0.25) is 10.3 Å². The highest BCUT2D eigenvalue weighted by molar-refractivity contribution is 7.22. The zero-order valence-corrected chi connectivity index (χ0v) is 14.4. The molecule has 1 aliphatic rings. The summed E-state index contributed by atoms with van der Waals surface area (Å²) in [6, 6.07) is 15.7. The smallest absolute Gasteiger partial charge is 0.414 e. The summed E-state index contributed by atoms with van der Waals surface area (Å²) in [7, 11) is 0. The summed E-state index contributed by atoms with van der Waals surface area (Å²) >= 11 is 1.56. The molecule has 2 aromatic carbocycles. The van der Waals surface area contributed by atoms with Gasteiger partial charge in [-0.1, -0.05) is 35.6 Å². The number of para-hydroxylation sites is 1. The van der Waals surface area contributed by atoms with Crippen molar-refractivity contribution >= 4 is 44.2 Å². The molecule has 0 atom stereocenters. The van der Waals surface area contributed by atoms with Crippen LogP contribution in [0, 0.1) is 0 Å². The van der Waals surface area contributed by atoms with Crippen LogP contribution in [0.15, 0.2) is 53.6 Å². The van der Waals surface area contributed by atoms with Crippen molar-refractivity contribution in [2.75, 3.05) is 23.5 Å². The molecule has 7 heteroatoms. The first-order valence-corrected chi connectivity index (χ1v) is 8.73. The van der Waals surface area contributed by atoms with Gasteiger partial charge in [0.1, 0.15) is 6.61 Å². The fourth-order valence-corrected chi connectivity index (χ4v) is 3.45. The third-order valence-electron chi connectivity index (χ3n) is 3.95. The van der Waals surface area contributed by atoms with E-state index in [9.17, 15) is 4.79 Å². The molecule has 0 bridgehead atoms. The second kappa shape index (κ2) is 6.52. The molecule has 0 aliphatic carbocycles. The summed E-state index contributed by atoms with van der Waals surface area (Å²) in [6.45, 7) is 2.92. The quantitative estimate of drug-likeness (QED) is 0.567. The number of cyclic esters (lactones) is 1. The molecule has 1 N–H and O–H groups in total. The number of thiazole rings is 1. The lowest BCUT2D eigenvalue weighted by Gasteiger charge is -2.13. The molecule has 1 aliphatic heterocycles. The molecule has 0 radical (unpaired) electrons. The molecular formula is C18H16N4O2S. The van der Waals surface area contributed by atoms with Crippen LogP contribution in [0.1, 0.15) is 12.5 Å². The first kappa shape index (κ1) is 15.6. The minimum Gasteiger partial charge on any atom is -0.447 e. The number of benzene rings is 2. The maximum Gasteiger partial charge on any atom is 0.414 e. The number of nitrogens with zero attached hydrogens (tertiary/aromatic N) is 3. The van der Waals surface area contributed by atoms with Crippen LogP contribution in [0.25, 0.3) is 10.2 Å². The number of hydrogen-bond acceptors (Lipinski definition) is 6. The fraction of sp³-hybridized carbons (Fsp3) is 0.167.